The van der Waals surface area contributed by atoms with Crippen LogP contribution >= 0.6 is 0 Å². The molecule has 0 aromatic heterocycles. The van der Waals surface area contributed by atoms with Gasteiger partial charge in [0.2, 0.25) is 17.6 Å². The Hall–Kier alpha value is -3.44. The summed E-state index contributed by atoms with van der Waals surface area (Å²) in [5.41, 5.74) is -0.854. The number of nitrogens with zero attached hydrogens (tertiary/aromatic N) is 1. The fourth-order valence-electron chi connectivity index (χ4n) is 8.01. The van der Waals surface area contributed by atoms with Gasteiger partial charge in [-0.1, -0.05) is 86.6 Å². The van der Waals surface area contributed by atoms with Gasteiger partial charge in [0.25, 0.3) is 5.91 Å². The van der Waals surface area contributed by atoms with Crippen LogP contribution < -0.4 is 21.3 Å². The molecule has 2 saturated carbocycles. The second kappa shape index (κ2) is 17.2. The second-order valence-electron chi connectivity index (χ2n) is 16.4. The van der Waals surface area contributed by atoms with E-state index >= 15 is 0 Å². The molecule has 0 bridgehead atoms. The maximum atomic E-state index is 14.7. The van der Waals surface area contributed by atoms with Crippen molar-refractivity contribution >= 4 is 35.5 Å². The minimum atomic E-state index is -1.04. The fraction of sp³-hybridized carbons (Fsp3) is 0.789. The van der Waals surface area contributed by atoms with Gasteiger partial charge in [0, 0.05) is 13.1 Å². The molecule has 12 heteroatoms. The molecule has 0 spiro atoms. The summed E-state index contributed by atoms with van der Waals surface area (Å²) >= 11 is 0. The van der Waals surface area contributed by atoms with Gasteiger partial charge in [-0.15, -0.1) is 6.58 Å². The van der Waals surface area contributed by atoms with Crippen molar-refractivity contribution in [1.29, 1.82) is 0 Å². The van der Waals surface area contributed by atoms with E-state index in [-0.39, 0.29) is 47.6 Å². The molecule has 1 aliphatic heterocycles. The topological polar surface area (TPSA) is 163 Å². The first-order valence-corrected chi connectivity index (χ1v) is 18.7. The summed E-state index contributed by atoms with van der Waals surface area (Å²) < 4.78 is 5.44. The number of amides is 5. The lowest BCUT2D eigenvalue weighted by Crippen LogP contribution is -2.62. The third kappa shape index (κ3) is 9.46. The number of hydrogen-bond donors (Lipinski definition) is 4. The number of hydrogen-bond acceptors (Lipinski definition) is 7. The molecule has 1 saturated heterocycles. The number of likely N-dealkylation sites (tertiary alicyclic amines) is 1. The number of urea groups is 1. The van der Waals surface area contributed by atoms with Crippen molar-refractivity contribution in [3.63, 3.8) is 0 Å². The molecule has 1 unspecified atom stereocenters. The minimum absolute atomic E-state index is 0.0693. The third-order valence-electron chi connectivity index (χ3n) is 11.2. The number of fused-ring (bicyclic) bond motifs is 1. The highest BCUT2D eigenvalue weighted by Gasteiger charge is 2.72. The number of rotatable bonds is 16. The molecule has 0 aromatic rings. The van der Waals surface area contributed by atoms with Gasteiger partial charge in [-0.05, 0) is 67.6 Å². The van der Waals surface area contributed by atoms with Crippen LogP contribution in [0.2, 0.25) is 0 Å². The summed E-state index contributed by atoms with van der Waals surface area (Å²) in [7, 11) is 0. The van der Waals surface area contributed by atoms with E-state index in [1.165, 1.54) is 6.08 Å². The maximum Gasteiger partial charge on any atom is 0.329 e. The quantitative estimate of drug-likeness (QED) is 0.106. The molecule has 12 nitrogen and oxygen atoms in total. The van der Waals surface area contributed by atoms with Crippen LogP contribution in [0.3, 0.4) is 0 Å². The molecule has 5 amide bonds. The standard InChI is InChI=1S/C38H63N5O7/c1-11-13-19-26(30(44)33(46)39-20-12-2)40-32(45)29-27-25(38(27,10)22(3)4)21-43(29)34(47)28(24-17-15-14-16-18-24)41-36(49)42-31(37(7,8)9)35(48)50-23(5)6/h12,22-29,31H,2,11,13-21H2,1,3-10H3,(H,39,46)(H,40,45)(H2,41,42,49)/t25-,26?,27-,28-,29-,31+,38-/m0/s1. The van der Waals surface area contributed by atoms with Crippen molar-refractivity contribution in [3.05, 3.63) is 12.7 Å². The molecular formula is C38H63N5O7. The molecule has 3 aliphatic rings. The Morgan fingerprint density at radius 1 is 0.980 bits per heavy atom. The van der Waals surface area contributed by atoms with Crippen LogP contribution in [0, 0.1) is 34.5 Å². The molecule has 282 valence electrons. The molecule has 50 heavy (non-hydrogen) atoms. The van der Waals surface area contributed by atoms with Crippen molar-refractivity contribution in [2.24, 2.45) is 34.5 Å². The van der Waals surface area contributed by atoms with Gasteiger partial charge >= 0.3 is 12.0 Å². The highest BCUT2D eigenvalue weighted by Crippen LogP contribution is 2.68. The van der Waals surface area contributed by atoms with Gasteiger partial charge in [0.15, 0.2) is 0 Å². The van der Waals surface area contributed by atoms with Crippen molar-refractivity contribution in [2.75, 3.05) is 13.1 Å². The van der Waals surface area contributed by atoms with Crippen LogP contribution in [-0.4, -0.2) is 83.8 Å². The SMILES string of the molecule is C=CCNC(=O)C(=O)C(CCCC)NC(=O)[C@@H]1[C@@H]2[C@H](CN1C(=O)[C@@H](NC(=O)N[C@H](C(=O)OC(C)C)C(C)(C)C)C1CCCCC1)[C@]2(C)C(C)C. The van der Waals surface area contributed by atoms with Gasteiger partial charge in [0.1, 0.15) is 18.1 Å². The second-order valence-corrected chi connectivity index (χ2v) is 16.4. The number of carbonyl (C=O) groups excluding carboxylic acids is 6. The predicted molar refractivity (Wildman–Crippen MR) is 192 cm³/mol. The van der Waals surface area contributed by atoms with E-state index in [1.807, 2.05) is 27.7 Å². The largest absolute Gasteiger partial charge is 0.461 e. The highest BCUT2D eigenvalue weighted by molar-refractivity contribution is 6.38. The van der Waals surface area contributed by atoms with Crippen molar-refractivity contribution in [3.8, 4) is 0 Å². The van der Waals surface area contributed by atoms with Crippen LogP contribution in [0.1, 0.15) is 114 Å². The Kier molecular flexibility index (Phi) is 14.1. The zero-order chi connectivity index (χ0) is 37.6. The Balaban J connectivity index is 1.93. The van der Waals surface area contributed by atoms with Crippen LogP contribution in [0.25, 0.3) is 0 Å². The Morgan fingerprint density at radius 3 is 2.16 bits per heavy atom. The Labute approximate surface area is 299 Å². The third-order valence-corrected chi connectivity index (χ3v) is 11.2. The molecule has 3 rings (SSSR count). The number of piperidine rings is 1. The van der Waals surface area contributed by atoms with E-state index in [0.717, 1.165) is 38.5 Å². The van der Waals surface area contributed by atoms with Crippen LogP contribution in [0.4, 0.5) is 4.79 Å². The summed E-state index contributed by atoms with van der Waals surface area (Å²) in [4.78, 5) is 83.1. The number of carbonyl (C=O) groups is 6. The van der Waals surface area contributed by atoms with E-state index in [0.29, 0.717) is 19.4 Å². The molecular weight excluding hydrogens is 638 g/mol. The summed E-state index contributed by atoms with van der Waals surface area (Å²) in [5.74, 6) is -2.86. The molecule has 7 atom stereocenters. The van der Waals surface area contributed by atoms with E-state index in [1.54, 1.807) is 18.7 Å². The maximum absolute atomic E-state index is 14.7. The lowest BCUT2D eigenvalue weighted by Gasteiger charge is -2.38. The summed E-state index contributed by atoms with van der Waals surface area (Å²) in [5, 5.41) is 11.1. The molecule has 0 radical (unpaired) electrons. The average molecular weight is 702 g/mol. The zero-order valence-corrected chi connectivity index (χ0v) is 31.9. The summed E-state index contributed by atoms with van der Waals surface area (Å²) in [6.07, 6.45) is 7.13. The smallest absolute Gasteiger partial charge is 0.329 e. The molecule has 1 heterocycles. The number of nitrogens with one attached hydrogen (secondary N) is 4. The highest BCUT2D eigenvalue weighted by atomic mass is 16.5. The van der Waals surface area contributed by atoms with E-state index in [4.69, 9.17) is 4.74 Å². The van der Waals surface area contributed by atoms with Gasteiger partial charge in [-0.2, -0.15) is 0 Å². The molecule has 2 aliphatic carbocycles. The lowest BCUT2D eigenvalue weighted by atomic mass is 9.82. The first-order valence-electron chi connectivity index (χ1n) is 18.7. The van der Waals surface area contributed by atoms with E-state index in [9.17, 15) is 28.8 Å². The lowest BCUT2D eigenvalue weighted by molar-refractivity contribution is -0.152. The van der Waals surface area contributed by atoms with E-state index in [2.05, 4.69) is 48.6 Å². The number of esters is 1. The Bertz CT molecular complexity index is 1270. The van der Waals surface area contributed by atoms with Gasteiger partial charge in [-0.25, -0.2) is 9.59 Å². The number of unbranched alkanes of at least 4 members (excludes halogenated alkanes) is 1. The fourth-order valence-corrected chi connectivity index (χ4v) is 8.01. The van der Waals surface area contributed by atoms with Gasteiger partial charge in [-0.3, -0.25) is 19.2 Å². The monoisotopic (exact) mass is 701 g/mol. The van der Waals surface area contributed by atoms with Crippen molar-refractivity contribution in [2.45, 2.75) is 144 Å². The van der Waals surface area contributed by atoms with Crippen LogP contribution in [0.15, 0.2) is 12.7 Å². The number of ether oxygens (including phenoxy) is 1. The van der Waals surface area contributed by atoms with Gasteiger partial charge in [0.05, 0.1) is 12.1 Å². The molecule has 0 aromatic carbocycles. The summed E-state index contributed by atoms with van der Waals surface area (Å²) in [6.45, 7) is 21.4. The molecule has 4 N–H and O–H groups in total. The van der Waals surface area contributed by atoms with Gasteiger partial charge < -0.3 is 30.9 Å². The Morgan fingerprint density at radius 2 is 1.62 bits per heavy atom. The van der Waals surface area contributed by atoms with Crippen LogP contribution in [0.5, 0.6) is 0 Å². The average Bonchev–Trinajstić information content (AvgIpc) is 3.42. The number of Topliss-reactive ketones (excluding diaryl/α,β-unsaturated/α-hetero) is 1. The van der Waals surface area contributed by atoms with Crippen molar-refractivity contribution in [1.82, 2.24) is 26.2 Å². The summed E-state index contributed by atoms with van der Waals surface area (Å²) in [6, 6.07) is -4.43. The first kappa shape index (κ1) is 41.0. The minimum Gasteiger partial charge on any atom is -0.461 e. The van der Waals surface area contributed by atoms with Crippen LogP contribution in [-0.2, 0) is 28.7 Å². The molecule has 3 fully saturated rings. The first-order chi connectivity index (χ1) is 23.4. The predicted octanol–water partition coefficient (Wildman–Crippen LogP) is 4.27. The number of ketones is 1. The van der Waals surface area contributed by atoms with E-state index < -0.39 is 59.2 Å². The normalized spacial score (nSPS) is 25.2. The van der Waals surface area contributed by atoms with Crippen molar-refractivity contribution < 1.29 is 33.5 Å². The zero-order valence-electron chi connectivity index (χ0n) is 31.9.